The maximum absolute atomic E-state index is 12.0. The lowest BCUT2D eigenvalue weighted by molar-refractivity contribution is 0.0994. The predicted octanol–water partition coefficient (Wildman–Crippen LogP) is 1.26. The van der Waals surface area contributed by atoms with Gasteiger partial charge in [-0.25, -0.2) is 0 Å². The zero-order chi connectivity index (χ0) is 11.5. The third-order valence-electron chi connectivity index (χ3n) is 2.25. The smallest absolute Gasteiger partial charge is 0.182 e. The number of ketones is 1. The van der Waals surface area contributed by atoms with Crippen molar-refractivity contribution in [2.24, 2.45) is 7.05 Å². The molecule has 0 aliphatic carbocycles. The topological polar surface area (TPSA) is 60.7 Å². The lowest BCUT2D eigenvalue weighted by Crippen LogP contribution is -2.05. The van der Waals surface area contributed by atoms with Crippen molar-refractivity contribution in [1.29, 1.82) is 0 Å². The lowest BCUT2D eigenvalue weighted by atomic mass is 10.1. The van der Waals surface area contributed by atoms with E-state index in [1.54, 1.807) is 7.05 Å². The van der Waals surface area contributed by atoms with E-state index in [-0.39, 0.29) is 12.2 Å². The van der Waals surface area contributed by atoms with Crippen molar-refractivity contribution in [1.82, 2.24) is 20.2 Å². The van der Waals surface area contributed by atoms with Crippen LogP contribution in [0, 0.1) is 0 Å². The molecule has 0 aliphatic heterocycles. The highest BCUT2D eigenvalue weighted by Crippen LogP contribution is 2.18. The SMILES string of the molecule is CCc1ccsc1C(=O)Cc1nnn(C)n1. The van der Waals surface area contributed by atoms with Crippen molar-refractivity contribution in [2.45, 2.75) is 19.8 Å². The highest BCUT2D eigenvalue weighted by molar-refractivity contribution is 7.12. The van der Waals surface area contributed by atoms with Crippen LogP contribution in [0.3, 0.4) is 0 Å². The molecule has 0 aliphatic rings. The fourth-order valence-electron chi connectivity index (χ4n) is 1.48. The Kier molecular flexibility index (Phi) is 3.09. The number of aryl methyl sites for hydroxylation is 2. The normalized spacial score (nSPS) is 10.6. The van der Waals surface area contributed by atoms with Crippen molar-refractivity contribution in [3.05, 3.63) is 27.7 Å². The van der Waals surface area contributed by atoms with E-state index in [0.29, 0.717) is 5.82 Å². The molecule has 84 valence electrons. The number of hydrogen-bond acceptors (Lipinski definition) is 5. The molecule has 5 nitrogen and oxygen atoms in total. The first-order chi connectivity index (χ1) is 7.70. The molecule has 2 heterocycles. The van der Waals surface area contributed by atoms with Crippen LogP contribution in [0.5, 0.6) is 0 Å². The van der Waals surface area contributed by atoms with Crippen LogP contribution in [0.25, 0.3) is 0 Å². The largest absolute Gasteiger partial charge is 0.293 e. The van der Waals surface area contributed by atoms with Gasteiger partial charge in [0.25, 0.3) is 0 Å². The zero-order valence-electron chi connectivity index (χ0n) is 9.17. The average Bonchev–Trinajstić information content (AvgIpc) is 2.86. The van der Waals surface area contributed by atoms with Crippen molar-refractivity contribution >= 4 is 17.1 Å². The predicted molar refractivity (Wildman–Crippen MR) is 60.5 cm³/mol. The van der Waals surface area contributed by atoms with Gasteiger partial charge in [0.05, 0.1) is 18.3 Å². The molecule has 2 rings (SSSR count). The maximum atomic E-state index is 12.0. The van der Waals surface area contributed by atoms with Gasteiger partial charge < -0.3 is 0 Å². The minimum absolute atomic E-state index is 0.0693. The summed E-state index contributed by atoms with van der Waals surface area (Å²) in [4.78, 5) is 14.1. The van der Waals surface area contributed by atoms with Gasteiger partial charge in [-0.15, -0.1) is 21.5 Å². The summed E-state index contributed by atoms with van der Waals surface area (Å²) >= 11 is 1.48. The molecule has 0 atom stereocenters. The second-order valence-electron chi connectivity index (χ2n) is 3.42. The summed E-state index contributed by atoms with van der Waals surface area (Å²) in [5, 5.41) is 13.4. The van der Waals surface area contributed by atoms with Crippen LogP contribution in [0.4, 0.5) is 0 Å². The number of tetrazole rings is 1. The molecular formula is C10H12N4OS. The number of nitrogens with zero attached hydrogens (tertiary/aromatic N) is 4. The van der Waals surface area contributed by atoms with E-state index in [1.165, 1.54) is 16.1 Å². The van der Waals surface area contributed by atoms with E-state index in [2.05, 4.69) is 15.4 Å². The quantitative estimate of drug-likeness (QED) is 0.750. The van der Waals surface area contributed by atoms with Gasteiger partial charge in [-0.05, 0) is 28.6 Å². The fraction of sp³-hybridized carbons (Fsp3) is 0.400. The van der Waals surface area contributed by atoms with Crippen LogP contribution in [-0.4, -0.2) is 26.0 Å². The van der Waals surface area contributed by atoms with Gasteiger partial charge in [-0.3, -0.25) is 4.79 Å². The van der Waals surface area contributed by atoms with Crippen molar-refractivity contribution in [2.75, 3.05) is 0 Å². The molecule has 0 spiro atoms. The third-order valence-corrected chi connectivity index (χ3v) is 3.25. The maximum Gasteiger partial charge on any atom is 0.182 e. The molecule has 0 radical (unpaired) electrons. The molecule has 0 bridgehead atoms. The number of Topliss-reactive ketones (excluding diaryl/α,β-unsaturated/α-hetero) is 1. The molecule has 6 heteroatoms. The van der Waals surface area contributed by atoms with Crippen LogP contribution in [-0.2, 0) is 19.9 Å². The van der Waals surface area contributed by atoms with E-state index in [0.717, 1.165) is 16.9 Å². The van der Waals surface area contributed by atoms with E-state index in [4.69, 9.17) is 0 Å². The lowest BCUT2D eigenvalue weighted by Gasteiger charge is -1.97. The molecule has 0 unspecified atom stereocenters. The van der Waals surface area contributed by atoms with E-state index < -0.39 is 0 Å². The first kappa shape index (κ1) is 10.9. The standard InChI is InChI=1S/C10H12N4OS/c1-3-7-4-5-16-10(7)8(15)6-9-11-13-14(2)12-9/h4-5H,3,6H2,1-2H3. The van der Waals surface area contributed by atoms with Gasteiger partial charge in [0.15, 0.2) is 11.6 Å². The molecule has 0 saturated carbocycles. The third kappa shape index (κ3) is 2.16. The Labute approximate surface area is 97.1 Å². The molecule has 0 N–H and O–H groups in total. The molecule has 0 amide bonds. The zero-order valence-corrected chi connectivity index (χ0v) is 9.99. The second kappa shape index (κ2) is 4.52. The Balaban J connectivity index is 2.14. The van der Waals surface area contributed by atoms with Crippen molar-refractivity contribution in [3.8, 4) is 0 Å². The first-order valence-corrected chi connectivity index (χ1v) is 5.91. The summed E-state index contributed by atoms with van der Waals surface area (Å²) in [5.41, 5.74) is 1.10. The van der Waals surface area contributed by atoms with E-state index in [1.807, 2.05) is 18.4 Å². The van der Waals surface area contributed by atoms with Gasteiger partial charge in [0.1, 0.15) is 0 Å². The summed E-state index contributed by atoms with van der Waals surface area (Å²) < 4.78 is 0. The van der Waals surface area contributed by atoms with Crippen LogP contribution in [0.2, 0.25) is 0 Å². The molecular weight excluding hydrogens is 224 g/mol. The monoisotopic (exact) mass is 236 g/mol. The van der Waals surface area contributed by atoms with Crippen LogP contribution >= 0.6 is 11.3 Å². The highest BCUT2D eigenvalue weighted by atomic mass is 32.1. The van der Waals surface area contributed by atoms with E-state index >= 15 is 0 Å². The molecule has 16 heavy (non-hydrogen) atoms. The van der Waals surface area contributed by atoms with Crippen LogP contribution in [0.1, 0.15) is 28.0 Å². The van der Waals surface area contributed by atoms with Gasteiger partial charge >= 0.3 is 0 Å². The van der Waals surface area contributed by atoms with Gasteiger partial charge in [0.2, 0.25) is 0 Å². The summed E-state index contributed by atoms with van der Waals surface area (Å²) in [6.07, 6.45) is 1.10. The number of aromatic nitrogens is 4. The Hall–Kier alpha value is -1.56. The summed E-state index contributed by atoms with van der Waals surface area (Å²) in [6.45, 7) is 2.04. The van der Waals surface area contributed by atoms with Gasteiger partial charge in [0, 0.05) is 0 Å². The Morgan fingerprint density at radius 2 is 2.38 bits per heavy atom. The summed E-state index contributed by atoms with van der Waals surface area (Å²) in [5.74, 6) is 0.544. The Bertz CT molecular complexity index is 502. The van der Waals surface area contributed by atoms with E-state index in [9.17, 15) is 4.79 Å². The van der Waals surface area contributed by atoms with Crippen LogP contribution in [0.15, 0.2) is 11.4 Å². The number of thiophene rings is 1. The molecule has 2 aromatic heterocycles. The summed E-state index contributed by atoms with van der Waals surface area (Å²) in [7, 11) is 1.68. The fourth-order valence-corrected chi connectivity index (χ4v) is 2.41. The van der Waals surface area contributed by atoms with Gasteiger partial charge in [-0.2, -0.15) is 4.80 Å². The molecule has 0 fully saturated rings. The Morgan fingerprint density at radius 3 is 3.00 bits per heavy atom. The Morgan fingerprint density at radius 1 is 1.56 bits per heavy atom. The first-order valence-electron chi connectivity index (χ1n) is 5.03. The summed E-state index contributed by atoms with van der Waals surface area (Å²) in [6, 6.07) is 1.99. The van der Waals surface area contributed by atoms with Crippen LogP contribution < -0.4 is 0 Å². The molecule has 0 saturated heterocycles. The number of rotatable bonds is 4. The average molecular weight is 236 g/mol. The van der Waals surface area contributed by atoms with Gasteiger partial charge in [-0.1, -0.05) is 6.92 Å². The molecule has 2 aromatic rings. The minimum Gasteiger partial charge on any atom is -0.293 e. The van der Waals surface area contributed by atoms with Crippen molar-refractivity contribution < 1.29 is 4.79 Å². The highest BCUT2D eigenvalue weighted by Gasteiger charge is 2.15. The second-order valence-corrected chi connectivity index (χ2v) is 4.34. The van der Waals surface area contributed by atoms with Crippen molar-refractivity contribution in [3.63, 3.8) is 0 Å². The molecule has 0 aromatic carbocycles. The number of hydrogen-bond donors (Lipinski definition) is 0. The number of carbonyl (C=O) groups is 1. The number of carbonyl (C=O) groups excluding carboxylic acids is 1. The minimum atomic E-state index is 0.0693.